The Hall–Kier alpha value is -1.85. The summed E-state index contributed by atoms with van der Waals surface area (Å²) in [5, 5.41) is 6.89. The van der Waals surface area contributed by atoms with Gasteiger partial charge in [-0.2, -0.15) is 0 Å². The molecule has 1 N–H and O–H groups in total. The smallest absolute Gasteiger partial charge is 0.276 e. The van der Waals surface area contributed by atoms with Gasteiger partial charge in [0.2, 0.25) is 5.91 Å². The molecule has 1 unspecified atom stereocenters. The Morgan fingerprint density at radius 2 is 2.10 bits per heavy atom. The number of likely N-dealkylation sites (tertiary alicyclic amines) is 1. The van der Waals surface area contributed by atoms with Gasteiger partial charge in [-0.25, -0.2) is 0 Å². The number of aryl methyl sites for hydroxylation is 1. The van der Waals surface area contributed by atoms with E-state index in [0.29, 0.717) is 12.1 Å². The summed E-state index contributed by atoms with van der Waals surface area (Å²) in [6, 6.07) is 0.0736. The van der Waals surface area contributed by atoms with Crippen molar-refractivity contribution in [3.63, 3.8) is 0 Å². The number of carbonyl (C=O) groups excluding carboxylic acids is 2. The second-order valence-electron chi connectivity index (χ2n) is 5.57. The van der Waals surface area contributed by atoms with Crippen LogP contribution in [0.1, 0.15) is 48.0 Å². The summed E-state index contributed by atoms with van der Waals surface area (Å²) in [5.41, 5.74) is 1.32. The number of aromatic nitrogens is 1. The molecule has 1 fully saturated rings. The number of fused-ring (bicyclic) bond motifs is 1. The first-order valence-electron chi connectivity index (χ1n) is 7.19. The van der Waals surface area contributed by atoms with Gasteiger partial charge in [0.15, 0.2) is 5.69 Å². The molecule has 1 aromatic heterocycles. The van der Waals surface area contributed by atoms with E-state index in [1.165, 1.54) is 6.92 Å². The third-order valence-corrected chi connectivity index (χ3v) is 4.04. The average Bonchev–Trinajstić information content (AvgIpc) is 3.06. The highest BCUT2D eigenvalue weighted by Gasteiger charge is 2.31. The fourth-order valence-corrected chi connectivity index (χ4v) is 3.05. The molecule has 0 bridgehead atoms. The van der Waals surface area contributed by atoms with Crippen molar-refractivity contribution < 1.29 is 14.1 Å². The van der Waals surface area contributed by atoms with E-state index < -0.39 is 0 Å². The van der Waals surface area contributed by atoms with Gasteiger partial charge in [-0.3, -0.25) is 9.59 Å². The number of hydrogen-bond donors (Lipinski definition) is 1. The van der Waals surface area contributed by atoms with Gasteiger partial charge in [0.25, 0.3) is 5.91 Å². The molecule has 0 saturated carbocycles. The van der Waals surface area contributed by atoms with Gasteiger partial charge in [0, 0.05) is 38.0 Å². The van der Waals surface area contributed by atoms with Crippen LogP contribution in [0.4, 0.5) is 0 Å². The Morgan fingerprint density at radius 1 is 1.35 bits per heavy atom. The van der Waals surface area contributed by atoms with E-state index in [2.05, 4.69) is 10.5 Å². The van der Waals surface area contributed by atoms with Crippen LogP contribution in [0.3, 0.4) is 0 Å². The molecule has 6 nitrogen and oxygen atoms in total. The summed E-state index contributed by atoms with van der Waals surface area (Å²) in [5.74, 6) is 0.729. The number of nitrogens with one attached hydrogen (secondary N) is 1. The van der Waals surface area contributed by atoms with Crippen molar-refractivity contribution in [2.24, 2.45) is 0 Å². The zero-order valence-electron chi connectivity index (χ0n) is 11.6. The topological polar surface area (TPSA) is 75.4 Å². The van der Waals surface area contributed by atoms with E-state index in [4.69, 9.17) is 4.52 Å². The molecule has 0 aromatic carbocycles. The van der Waals surface area contributed by atoms with Crippen LogP contribution < -0.4 is 5.32 Å². The van der Waals surface area contributed by atoms with Gasteiger partial charge in [0.05, 0.1) is 0 Å². The fraction of sp³-hybridized carbons (Fsp3) is 0.643. The van der Waals surface area contributed by atoms with Gasteiger partial charge in [-0.05, 0) is 25.7 Å². The molecule has 1 atom stereocenters. The van der Waals surface area contributed by atoms with Gasteiger partial charge in [-0.15, -0.1) is 0 Å². The summed E-state index contributed by atoms with van der Waals surface area (Å²) in [6.45, 7) is 3.12. The Morgan fingerprint density at radius 3 is 2.80 bits per heavy atom. The van der Waals surface area contributed by atoms with Crippen LogP contribution >= 0.6 is 0 Å². The molecule has 3 rings (SSSR count). The maximum Gasteiger partial charge on any atom is 0.276 e. The predicted molar refractivity (Wildman–Crippen MR) is 71.3 cm³/mol. The summed E-state index contributed by atoms with van der Waals surface area (Å²) in [7, 11) is 0. The summed E-state index contributed by atoms with van der Waals surface area (Å²) < 4.78 is 5.31. The van der Waals surface area contributed by atoms with Crippen molar-refractivity contribution in [3.8, 4) is 0 Å². The van der Waals surface area contributed by atoms with E-state index >= 15 is 0 Å². The Kier molecular flexibility index (Phi) is 3.46. The summed E-state index contributed by atoms with van der Waals surface area (Å²) in [6.07, 6.45) is 4.30. The lowest BCUT2D eigenvalue weighted by molar-refractivity contribution is -0.119. The third-order valence-electron chi connectivity index (χ3n) is 4.04. The number of nitrogens with zero attached hydrogens (tertiary/aromatic N) is 2. The van der Waals surface area contributed by atoms with Crippen LogP contribution in [0, 0.1) is 0 Å². The normalized spacial score (nSPS) is 21.6. The van der Waals surface area contributed by atoms with Gasteiger partial charge in [0.1, 0.15) is 5.76 Å². The third kappa shape index (κ3) is 2.42. The second kappa shape index (κ2) is 5.26. The first kappa shape index (κ1) is 13.1. The zero-order chi connectivity index (χ0) is 14.1. The monoisotopic (exact) mass is 277 g/mol. The van der Waals surface area contributed by atoms with Crippen molar-refractivity contribution in [3.05, 3.63) is 17.0 Å². The molecule has 6 heteroatoms. The second-order valence-corrected chi connectivity index (χ2v) is 5.57. The molecule has 1 aliphatic heterocycles. The van der Waals surface area contributed by atoms with Crippen LogP contribution in [0.15, 0.2) is 4.52 Å². The van der Waals surface area contributed by atoms with Crippen molar-refractivity contribution in [2.75, 3.05) is 13.1 Å². The lowest BCUT2D eigenvalue weighted by Gasteiger charge is -2.22. The van der Waals surface area contributed by atoms with E-state index in [1.807, 2.05) is 4.90 Å². The van der Waals surface area contributed by atoms with Gasteiger partial charge < -0.3 is 14.7 Å². The van der Waals surface area contributed by atoms with Crippen molar-refractivity contribution >= 4 is 11.8 Å². The highest BCUT2D eigenvalue weighted by molar-refractivity contribution is 5.94. The number of carbonyl (C=O) groups is 2. The molecule has 1 aliphatic carbocycles. The van der Waals surface area contributed by atoms with E-state index in [-0.39, 0.29) is 17.9 Å². The molecule has 2 amide bonds. The van der Waals surface area contributed by atoms with Crippen LogP contribution in [-0.2, 0) is 17.6 Å². The van der Waals surface area contributed by atoms with Crippen LogP contribution in [0.25, 0.3) is 0 Å². The largest absolute Gasteiger partial charge is 0.360 e. The first-order valence-corrected chi connectivity index (χ1v) is 7.19. The fourth-order valence-electron chi connectivity index (χ4n) is 3.05. The van der Waals surface area contributed by atoms with Gasteiger partial charge >= 0.3 is 0 Å². The summed E-state index contributed by atoms with van der Waals surface area (Å²) in [4.78, 5) is 25.4. The molecule has 0 spiro atoms. The van der Waals surface area contributed by atoms with E-state index in [1.54, 1.807) is 0 Å². The maximum atomic E-state index is 12.4. The minimum atomic E-state index is -0.0395. The molecular formula is C14H19N3O3. The van der Waals surface area contributed by atoms with Crippen LogP contribution in [0.5, 0.6) is 0 Å². The van der Waals surface area contributed by atoms with E-state index in [0.717, 1.165) is 50.1 Å². The lowest BCUT2D eigenvalue weighted by Crippen LogP contribution is -2.38. The number of hydrogen-bond acceptors (Lipinski definition) is 4. The maximum absolute atomic E-state index is 12.4. The standard InChI is InChI=1S/C14H19N3O3/c1-9(18)15-10-4-5-12-11(8-10)13(16-20-12)14(19)17-6-2-3-7-17/h10H,2-8H2,1H3,(H,15,18). The Balaban J connectivity index is 1.79. The number of amides is 2. The predicted octanol–water partition coefficient (Wildman–Crippen LogP) is 0.904. The average molecular weight is 277 g/mol. The minimum Gasteiger partial charge on any atom is -0.360 e. The van der Waals surface area contributed by atoms with Gasteiger partial charge in [-0.1, -0.05) is 5.16 Å². The highest BCUT2D eigenvalue weighted by atomic mass is 16.5. The van der Waals surface area contributed by atoms with Crippen LogP contribution in [-0.4, -0.2) is 41.0 Å². The molecule has 20 heavy (non-hydrogen) atoms. The summed E-state index contributed by atoms with van der Waals surface area (Å²) >= 11 is 0. The van der Waals surface area contributed by atoms with Crippen molar-refractivity contribution in [1.82, 2.24) is 15.4 Å². The number of rotatable bonds is 2. The first-order chi connectivity index (χ1) is 9.65. The molecule has 0 radical (unpaired) electrons. The Bertz CT molecular complexity index is 532. The quantitative estimate of drug-likeness (QED) is 0.871. The molecule has 1 saturated heterocycles. The lowest BCUT2D eigenvalue weighted by atomic mass is 9.91. The molecular weight excluding hydrogens is 258 g/mol. The van der Waals surface area contributed by atoms with Crippen molar-refractivity contribution in [1.29, 1.82) is 0 Å². The minimum absolute atomic E-state index is 0.0315. The van der Waals surface area contributed by atoms with E-state index in [9.17, 15) is 9.59 Å². The Labute approximate surface area is 117 Å². The molecule has 108 valence electrons. The molecule has 2 aliphatic rings. The zero-order valence-corrected chi connectivity index (χ0v) is 11.6. The highest BCUT2D eigenvalue weighted by Crippen LogP contribution is 2.26. The van der Waals surface area contributed by atoms with Crippen molar-refractivity contribution in [2.45, 2.75) is 45.1 Å². The molecule has 1 aromatic rings. The van der Waals surface area contributed by atoms with Crippen LogP contribution in [0.2, 0.25) is 0 Å². The molecule has 2 heterocycles. The SMILES string of the molecule is CC(=O)NC1CCc2onc(C(=O)N3CCCC3)c2C1.